The number of hydrogen-bond acceptors (Lipinski definition) is 4. The number of allylic oxidation sites excluding steroid dienone is 1. The van der Waals surface area contributed by atoms with Gasteiger partial charge in [0.05, 0.1) is 12.1 Å². The van der Waals surface area contributed by atoms with E-state index in [1.807, 2.05) is 60.9 Å². The normalized spacial score (nSPS) is 11.0. The first kappa shape index (κ1) is 15.2. The Bertz CT molecular complexity index is 621. The van der Waals surface area contributed by atoms with E-state index in [1.165, 1.54) is 11.8 Å². The predicted molar refractivity (Wildman–Crippen MR) is 89.0 cm³/mol. The fourth-order valence-electron chi connectivity index (χ4n) is 1.77. The molecule has 0 unspecified atom stereocenters. The van der Waals surface area contributed by atoms with Gasteiger partial charge < -0.3 is 10.1 Å². The lowest BCUT2D eigenvalue weighted by molar-refractivity contribution is 0.104. The summed E-state index contributed by atoms with van der Waals surface area (Å²) in [6.45, 7) is 0. The summed E-state index contributed by atoms with van der Waals surface area (Å²) < 4.78 is 5.12. The SMILES string of the molecule is COc1ccc(N/C(=C\C(=O)c2ccccc2)SC)cc1. The molecule has 3 nitrogen and oxygen atoms in total. The largest absolute Gasteiger partial charge is 0.497 e. The molecule has 0 saturated carbocycles. The number of ether oxygens (including phenoxy) is 1. The van der Waals surface area contributed by atoms with Crippen LogP contribution in [0, 0.1) is 0 Å². The Balaban J connectivity index is 2.11. The van der Waals surface area contributed by atoms with Gasteiger partial charge in [-0.15, -0.1) is 11.8 Å². The minimum absolute atomic E-state index is 0.0130. The lowest BCUT2D eigenvalue weighted by Gasteiger charge is -2.09. The lowest BCUT2D eigenvalue weighted by Crippen LogP contribution is -2.01. The summed E-state index contributed by atoms with van der Waals surface area (Å²) in [5.41, 5.74) is 1.60. The number of carbonyl (C=O) groups excluding carboxylic acids is 1. The molecular weight excluding hydrogens is 282 g/mol. The van der Waals surface area contributed by atoms with E-state index >= 15 is 0 Å². The van der Waals surface area contributed by atoms with Crippen LogP contribution in [0.5, 0.6) is 5.75 Å². The zero-order valence-electron chi connectivity index (χ0n) is 12.0. The molecular formula is C17H17NO2S. The van der Waals surface area contributed by atoms with Gasteiger partial charge in [-0.3, -0.25) is 4.79 Å². The molecule has 2 rings (SSSR count). The number of hydrogen-bond donors (Lipinski definition) is 1. The summed E-state index contributed by atoms with van der Waals surface area (Å²) in [5, 5.41) is 4.03. The van der Waals surface area contributed by atoms with E-state index in [4.69, 9.17) is 4.74 Å². The molecule has 0 amide bonds. The third kappa shape index (κ3) is 4.39. The Morgan fingerprint density at radius 2 is 1.76 bits per heavy atom. The molecule has 0 aliphatic carbocycles. The van der Waals surface area contributed by atoms with Crippen molar-refractivity contribution in [2.24, 2.45) is 0 Å². The number of ketones is 1. The second kappa shape index (κ2) is 7.55. The highest BCUT2D eigenvalue weighted by molar-refractivity contribution is 8.02. The number of rotatable bonds is 6. The van der Waals surface area contributed by atoms with Crippen LogP contribution in [0.15, 0.2) is 65.7 Å². The summed E-state index contributed by atoms with van der Waals surface area (Å²) in [7, 11) is 1.63. The zero-order chi connectivity index (χ0) is 15.1. The molecule has 0 aliphatic heterocycles. The van der Waals surface area contributed by atoms with Gasteiger partial charge in [0.1, 0.15) is 5.75 Å². The quantitative estimate of drug-likeness (QED) is 0.641. The lowest BCUT2D eigenvalue weighted by atomic mass is 10.1. The molecule has 0 saturated heterocycles. The van der Waals surface area contributed by atoms with Gasteiger partial charge in [0.25, 0.3) is 0 Å². The van der Waals surface area contributed by atoms with Crippen molar-refractivity contribution in [3.63, 3.8) is 0 Å². The first-order valence-electron chi connectivity index (χ1n) is 6.49. The maximum Gasteiger partial charge on any atom is 0.188 e. The second-order valence-electron chi connectivity index (χ2n) is 4.30. The van der Waals surface area contributed by atoms with E-state index < -0.39 is 0 Å². The van der Waals surface area contributed by atoms with Crippen molar-refractivity contribution in [1.29, 1.82) is 0 Å². The molecule has 0 aliphatic rings. The summed E-state index contributed by atoms with van der Waals surface area (Å²) in [6, 6.07) is 16.8. The van der Waals surface area contributed by atoms with E-state index in [-0.39, 0.29) is 5.78 Å². The summed E-state index contributed by atoms with van der Waals surface area (Å²) in [4.78, 5) is 12.2. The fourth-order valence-corrected chi connectivity index (χ4v) is 2.21. The van der Waals surface area contributed by atoms with Gasteiger partial charge in [-0.1, -0.05) is 30.3 Å². The molecule has 0 heterocycles. The molecule has 4 heteroatoms. The van der Waals surface area contributed by atoms with Gasteiger partial charge in [-0.2, -0.15) is 0 Å². The van der Waals surface area contributed by atoms with Crippen LogP contribution in [0.1, 0.15) is 10.4 Å². The van der Waals surface area contributed by atoms with Crippen molar-refractivity contribution in [2.45, 2.75) is 0 Å². The number of anilines is 1. The third-order valence-corrected chi connectivity index (χ3v) is 3.56. The van der Waals surface area contributed by atoms with Crippen molar-refractivity contribution < 1.29 is 9.53 Å². The third-order valence-electron chi connectivity index (χ3n) is 2.90. The molecule has 2 aromatic rings. The summed E-state index contributed by atoms with van der Waals surface area (Å²) >= 11 is 1.50. The van der Waals surface area contributed by atoms with Crippen molar-refractivity contribution in [2.75, 3.05) is 18.7 Å². The number of methoxy groups -OCH3 is 1. The van der Waals surface area contributed by atoms with Crippen molar-refractivity contribution in [3.05, 3.63) is 71.3 Å². The van der Waals surface area contributed by atoms with Gasteiger partial charge in [-0.25, -0.2) is 0 Å². The highest BCUT2D eigenvalue weighted by Crippen LogP contribution is 2.20. The molecule has 0 aromatic heterocycles. The summed E-state index contributed by atoms with van der Waals surface area (Å²) in [6.07, 6.45) is 3.55. The van der Waals surface area contributed by atoms with Crippen LogP contribution in [0.3, 0.4) is 0 Å². The number of carbonyl (C=O) groups is 1. The Kier molecular flexibility index (Phi) is 5.46. The van der Waals surface area contributed by atoms with E-state index in [9.17, 15) is 4.79 Å². The first-order chi connectivity index (χ1) is 10.2. The highest BCUT2D eigenvalue weighted by Gasteiger charge is 2.04. The monoisotopic (exact) mass is 299 g/mol. The molecule has 1 N–H and O–H groups in total. The Morgan fingerprint density at radius 3 is 2.33 bits per heavy atom. The van der Waals surface area contributed by atoms with E-state index in [0.29, 0.717) is 5.56 Å². The molecule has 2 aromatic carbocycles. The van der Waals surface area contributed by atoms with Crippen LogP contribution in [-0.4, -0.2) is 19.1 Å². The molecule has 0 radical (unpaired) electrons. The van der Waals surface area contributed by atoms with Crippen molar-refractivity contribution in [1.82, 2.24) is 0 Å². The zero-order valence-corrected chi connectivity index (χ0v) is 12.8. The molecule has 108 valence electrons. The summed E-state index contributed by atoms with van der Waals surface area (Å²) in [5.74, 6) is 0.788. The number of thioether (sulfide) groups is 1. The van der Waals surface area contributed by atoms with Crippen LogP contribution in [0.25, 0.3) is 0 Å². The van der Waals surface area contributed by atoms with Gasteiger partial charge in [0.15, 0.2) is 5.78 Å². The van der Waals surface area contributed by atoms with Gasteiger partial charge in [0, 0.05) is 17.3 Å². The van der Waals surface area contributed by atoms with Gasteiger partial charge in [-0.05, 0) is 30.5 Å². The molecule has 0 spiro atoms. The Morgan fingerprint density at radius 1 is 1.10 bits per heavy atom. The Hall–Kier alpha value is -2.20. The minimum Gasteiger partial charge on any atom is -0.497 e. The average Bonchev–Trinajstić information content (AvgIpc) is 2.55. The van der Waals surface area contributed by atoms with Gasteiger partial charge >= 0.3 is 0 Å². The maximum atomic E-state index is 12.2. The first-order valence-corrected chi connectivity index (χ1v) is 7.71. The standard InChI is InChI=1S/C17H17NO2S/c1-20-15-10-8-14(9-11-15)18-17(21-2)12-16(19)13-6-4-3-5-7-13/h3-12,18H,1-2H3/b17-12+. The van der Waals surface area contributed by atoms with E-state index in [2.05, 4.69) is 5.32 Å². The topological polar surface area (TPSA) is 38.3 Å². The van der Waals surface area contributed by atoms with Crippen LogP contribution in [0.4, 0.5) is 5.69 Å². The maximum absolute atomic E-state index is 12.2. The smallest absolute Gasteiger partial charge is 0.188 e. The van der Waals surface area contributed by atoms with Crippen LogP contribution in [-0.2, 0) is 0 Å². The molecule has 0 atom stereocenters. The van der Waals surface area contributed by atoms with E-state index in [0.717, 1.165) is 16.5 Å². The fraction of sp³-hybridized carbons (Fsp3) is 0.118. The second-order valence-corrected chi connectivity index (χ2v) is 5.14. The molecule has 21 heavy (non-hydrogen) atoms. The predicted octanol–water partition coefficient (Wildman–Crippen LogP) is 4.19. The van der Waals surface area contributed by atoms with Gasteiger partial charge in [0.2, 0.25) is 0 Å². The molecule has 0 bridgehead atoms. The molecule has 0 fully saturated rings. The number of benzene rings is 2. The van der Waals surface area contributed by atoms with E-state index in [1.54, 1.807) is 13.2 Å². The highest BCUT2D eigenvalue weighted by atomic mass is 32.2. The number of nitrogens with one attached hydrogen (secondary N) is 1. The Labute approximate surface area is 129 Å². The van der Waals surface area contributed by atoms with Crippen LogP contribution >= 0.6 is 11.8 Å². The van der Waals surface area contributed by atoms with Crippen LogP contribution < -0.4 is 10.1 Å². The minimum atomic E-state index is -0.0130. The average molecular weight is 299 g/mol. The van der Waals surface area contributed by atoms with Crippen molar-refractivity contribution in [3.8, 4) is 5.75 Å². The van der Waals surface area contributed by atoms with Crippen molar-refractivity contribution >= 4 is 23.2 Å². The van der Waals surface area contributed by atoms with Crippen LogP contribution in [0.2, 0.25) is 0 Å².